The Bertz CT molecular complexity index is 634. The van der Waals surface area contributed by atoms with Crippen LogP contribution in [0.1, 0.15) is 11.4 Å². The van der Waals surface area contributed by atoms with E-state index in [0.29, 0.717) is 0 Å². The van der Waals surface area contributed by atoms with Gasteiger partial charge in [-0.2, -0.15) is 0 Å². The average Bonchev–Trinajstić information content (AvgIpc) is 2.51. The van der Waals surface area contributed by atoms with Gasteiger partial charge in [-0.3, -0.25) is 4.98 Å². The van der Waals surface area contributed by atoms with Crippen molar-refractivity contribution in [1.29, 1.82) is 0 Å². The highest BCUT2D eigenvalue weighted by molar-refractivity contribution is 5.62. The first-order chi connectivity index (χ1) is 10.1. The summed E-state index contributed by atoms with van der Waals surface area (Å²) >= 11 is 0. The van der Waals surface area contributed by atoms with Crippen molar-refractivity contribution in [2.75, 3.05) is 41.7 Å². The van der Waals surface area contributed by atoms with Crippen LogP contribution in [0.2, 0.25) is 0 Å². The van der Waals surface area contributed by atoms with Crippen molar-refractivity contribution in [2.24, 2.45) is 0 Å². The largest absolute Gasteiger partial charge is 0.396 e. The molecule has 1 saturated heterocycles. The molecule has 0 radical (unpaired) electrons. The molecule has 0 aliphatic carbocycles. The van der Waals surface area contributed by atoms with Gasteiger partial charge in [-0.15, -0.1) is 0 Å². The zero-order valence-electron chi connectivity index (χ0n) is 12.5. The molecule has 2 aromatic heterocycles. The molecule has 2 N–H and O–H groups in total. The van der Waals surface area contributed by atoms with Crippen molar-refractivity contribution in [3.63, 3.8) is 0 Å². The van der Waals surface area contributed by atoms with E-state index in [-0.39, 0.29) is 0 Å². The lowest BCUT2D eigenvalue weighted by Crippen LogP contribution is -2.47. The second-order valence-electron chi connectivity index (χ2n) is 5.29. The Morgan fingerprint density at radius 3 is 2.38 bits per heavy atom. The molecule has 0 unspecified atom stereocenters. The summed E-state index contributed by atoms with van der Waals surface area (Å²) in [6.07, 6.45) is 3.64. The lowest BCUT2D eigenvalue weighted by molar-refractivity contribution is 0.640. The Kier molecular flexibility index (Phi) is 3.60. The van der Waals surface area contributed by atoms with Gasteiger partial charge >= 0.3 is 0 Å². The van der Waals surface area contributed by atoms with Crippen molar-refractivity contribution < 1.29 is 0 Å². The van der Waals surface area contributed by atoms with E-state index in [1.807, 2.05) is 32.2 Å². The van der Waals surface area contributed by atoms with E-state index < -0.39 is 0 Å². The van der Waals surface area contributed by atoms with E-state index in [0.717, 1.165) is 54.9 Å². The Morgan fingerprint density at radius 1 is 1.00 bits per heavy atom. The van der Waals surface area contributed by atoms with Gasteiger partial charge in [-0.05, 0) is 26.0 Å². The molecule has 3 rings (SSSR count). The quantitative estimate of drug-likeness (QED) is 0.898. The maximum Gasteiger partial charge on any atom is 0.151 e. The third-order valence-electron chi connectivity index (χ3n) is 3.90. The summed E-state index contributed by atoms with van der Waals surface area (Å²) in [4.78, 5) is 17.9. The summed E-state index contributed by atoms with van der Waals surface area (Å²) in [5.74, 6) is 1.83. The molecule has 0 atom stereocenters. The minimum absolute atomic E-state index is 0.733. The van der Waals surface area contributed by atoms with Crippen LogP contribution in [0, 0.1) is 13.8 Å². The molecule has 2 aromatic rings. The standard InChI is InChI=1S/C15H20N6/c1-11-12(2)19-14(10-18-11)20-6-8-21(9-7-20)15-13(16)4-3-5-17-15/h3-5,10H,6-9,16H2,1-2H3. The van der Waals surface area contributed by atoms with E-state index in [2.05, 4.69) is 24.8 Å². The molecular formula is C15H20N6. The number of nitrogens with zero attached hydrogens (tertiary/aromatic N) is 5. The van der Waals surface area contributed by atoms with Gasteiger partial charge in [0.2, 0.25) is 0 Å². The maximum absolute atomic E-state index is 5.99. The maximum atomic E-state index is 5.99. The fourth-order valence-corrected chi connectivity index (χ4v) is 2.50. The minimum atomic E-state index is 0.733. The lowest BCUT2D eigenvalue weighted by Gasteiger charge is -2.36. The van der Waals surface area contributed by atoms with Gasteiger partial charge in [0, 0.05) is 32.4 Å². The molecule has 0 spiro atoms. The molecule has 110 valence electrons. The van der Waals surface area contributed by atoms with E-state index in [1.165, 1.54) is 0 Å². The Hall–Kier alpha value is -2.37. The Balaban J connectivity index is 1.70. The Morgan fingerprint density at radius 2 is 1.71 bits per heavy atom. The van der Waals surface area contributed by atoms with Crippen LogP contribution in [0.5, 0.6) is 0 Å². The third-order valence-corrected chi connectivity index (χ3v) is 3.90. The van der Waals surface area contributed by atoms with Gasteiger partial charge in [0.05, 0.1) is 23.3 Å². The molecule has 0 amide bonds. The number of rotatable bonds is 2. The summed E-state index contributed by atoms with van der Waals surface area (Å²) < 4.78 is 0. The molecular weight excluding hydrogens is 264 g/mol. The first kappa shape index (κ1) is 13.6. The number of anilines is 3. The first-order valence-electron chi connectivity index (χ1n) is 7.16. The zero-order valence-corrected chi connectivity index (χ0v) is 12.5. The van der Waals surface area contributed by atoms with Crippen molar-refractivity contribution in [3.8, 4) is 0 Å². The van der Waals surface area contributed by atoms with Gasteiger partial charge in [0.15, 0.2) is 5.82 Å². The fraction of sp³-hybridized carbons (Fsp3) is 0.400. The summed E-state index contributed by atoms with van der Waals surface area (Å²) in [5.41, 5.74) is 8.70. The van der Waals surface area contributed by atoms with E-state index in [1.54, 1.807) is 6.20 Å². The van der Waals surface area contributed by atoms with Gasteiger partial charge in [0.25, 0.3) is 0 Å². The first-order valence-corrected chi connectivity index (χ1v) is 7.16. The molecule has 1 aliphatic rings. The minimum Gasteiger partial charge on any atom is -0.396 e. The molecule has 21 heavy (non-hydrogen) atoms. The molecule has 1 fully saturated rings. The average molecular weight is 284 g/mol. The number of hydrogen-bond donors (Lipinski definition) is 1. The van der Waals surface area contributed by atoms with Gasteiger partial charge in [-0.1, -0.05) is 0 Å². The number of nitrogen functional groups attached to an aromatic ring is 1. The second-order valence-corrected chi connectivity index (χ2v) is 5.29. The van der Waals surface area contributed by atoms with Crippen LogP contribution >= 0.6 is 0 Å². The smallest absolute Gasteiger partial charge is 0.151 e. The number of aryl methyl sites for hydroxylation is 2. The number of aromatic nitrogens is 3. The molecule has 0 saturated carbocycles. The van der Waals surface area contributed by atoms with Crippen LogP contribution in [0.4, 0.5) is 17.3 Å². The molecule has 0 aromatic carbocycles. The highest BCUT2D eigenvalue weighted by Crippen LogP contribution is 2.22. The van der Waals surface area contributed by atoms with Crippen molar-refractivity contribution in [1.82, 2.24) is 15.0 Å². The third kappa shape index (κ3) is 2.74. The molecule has 3 heterocycles. The predicted octanol–water partition coefficient (Wildman–Crippen LogP) is 1.40. The van der Waals surface area contributed by atoms with Gasteiger partial charge < -0.3 is 15.5 Å². The van der Waals surface area contributed by atoms with Crippen LogP contribution in [0.25, 0.3) is 0 Å². The number of piperazine rings is 1. The topological polar surface area (TPSA) is 71.2 Å². The summed E-state index contributed by atoms with van der Waals surface area (Å²) in [6.45, 7) is 7.54. The Labute approximate surface area is 124 Å². The van der Waals surface area contributed by atoms with Crippen molar-refractivity contribution in [2.45, 2.75) is 13.8 Å². The molecule has 1 aliphatic heterocycles. The number of hydrogen-bond acceptors (Lipinski definition) is 6. The lowest BCUT2D eigenvalue weighted by atomic mass is 10.2. The van der Waals surface area contributed by atoms with Crippen LogP contribution < -0.4 is 15.5 Å². The number of pyridine rings is 1. The van der Waals surface area contributed by atoms with Crippen LogP contribution in [0.3, 0.4) is 0 Å². The number of nitrogens with two attached hydrogens (primary N) is 1. The highest BCUT2D eigenvalue weighted by Gasteiger charge is 2.20. The van der Waals surface area contributed by atoms with E-state index in [4.69, 9.17) is 5.73 Å². The summed E-state index contributed by atoms with van der Waals surface area (Å²) in [7, 11) is 0. The fourth-order valence-electron chi connectivity index (χ4n) is 2.50. The molecule has 0 bridgehead atoms. The second kappa shape index (κ2) is 5.55. The van der Waals surface area contributed by atoms with Gasteiger partial charge in [0.1, 0.15) is 5.82 Å². The highest BCUT2D eigenvalue weighted by atomic mass is 15.3. The molecule has 6 heteroatoms. The normalized spacial score (nSPS) is 15.3. The molecule has 6 nitrogen and oxygen atoms in total. The van der Waals surface area contributed by atoms with Gasteiger partial charge in [-0.25, -0.2) is 9.97 Å². The summed E-state index contributed by atoms with van der Waals surface area (Å²) in [6, 6.07) is 3.75. The van der Waals surface area contributed by atoms with Crippen LogP contribution in [-0.4, -0.2) is 41.1 Å². The monoisotopic (exact) mass is 284 g/mol. The summed E-state index contributed by atoms with van der Waals surface area (Å²) in [5, 5.41) is 0. The van der Waals surface area contributed by atoms with E-state index in [9.17, 15) is 0 Å². The van der Waals surface area contributed by atoms with E-state index >= 15 is 0 Å². The predicted molar refractivity (Wildman–Crippen MR) is 84.6 cm³/mol. The SMILES string of the molecule is Cc1ncc(N2CCN(c3ncccc3N)CC2)nc1C. The van der Waals surface area contributed by atoms with Crippen LogP contribution in [-0.2, 0) is 0 Å². The van der Waals surface area contributed by atoms with Crippen molar-refractivity contribution >= 4 is 17.3 Å². The van der Waals surface area contributed by atoms with Crippen molar-refractivity contribution in [3.05, 3.63) is 35.9 Å². The zero-order chi connectivity index (χ0) is 14.8. The van der Waals surface area contributed by atoms with Crippen LogP contribution in [0.15, 0.2) is 24.5 Å².